The number of rotatable bonds is 5. The SMILES string of the molecule is c1ccc(C2N=C(c3cccc4sc5ccccc5c34)N=C(c3ccc4c(c3)sc3ccc(-c5ccc6c(c5)c5ccccc5n6-c5ccccc5)cc34)N2)cc1. The Kier molecular flexibility index (Phi) is 7.30. The molecule has 8 aromatic carbocycles. The molecule has 1 aliphatic heterocycles. The van der Waals surface area contributed by atoms with Crippen LogP contribution in [0.4, 0.5) is 0 Å². The molecule has 0 aliphatic carbocycles. The molecule has 0 saturated carbocycles. The molecule has 0 saturated heterocycles. The molecule has 1 atom stereocenters. The van der Waals surface area contributed by atoms with Crippen LogP contribution in [0.5, 0.6) is 0 Å². The maximum Gasteiger partial charge on any atom is 0.160 e. The van der Waals surface area contributed by atoms with E-state index in [1.54, 1.807) is 0 Å². The van der Waals surface area contributed by atoms with E-state index in [9.17, 15) is 0 Å². The third-order valence-electron chi connectivity index (χ3n) is 11.3. The molecule has 0 radical (unpaired) electrons. The average Bonchev–Trinajstić information content (AvgIpc) is 3.95. The zero-order valence-electron chi connectivity index (χ0n) is 30.6. The summed E-state index contributed by atoms with van der Waals surface area (Å²) >= 11 is 3.65. The van der Waals surface area contributed by atoms with E-state index in [4.69, 9.17) is 9.98 Å². The van der Waals surface area contributed by atoms with Crippen molar-refractivity contribution >= 4 is 96.5 Å². The molecule has 1 unspecified atom stereocenters. The smallest absolute Gasteiger partial charge is 0.160 e. The Morgan fingerprint density at radius 1 is 0.456 bits per heavy atom. The summed E-state index contributed by atoms with van der Waals surface area (Å²) in [6.07, 6.45) is -0.270. The Balaban J connectivity index is 0.957. The first-order valence-electron chi connectivity index (χ1n) is 19.2. The number of nitrogens with zero attached hydrogens (tertiary/aromatic N) is 3. The van der Waals surface area contributed by atoms with Gasteiger partial charge in [0.1, 0.15) is 12.0 Å². The number of amidine groups is 2. The van der Waals surface area contributed by atoms with Gasteiger partial charge < -0.3 is 9.88 Å². The Morgan fingerprint density at radius 3 is 2.00 bits per heavy atom. The first kappa shape index (κ1) is 32.4. The van der Waals surface area contributed by atoms with Gasteiger partial charge in [0.25, 0.3) is 0 Å². The van der Waals surface area contributed by atoms with Gasteiger partial charge in [-0.05, 0) is 77.4 Å². The second-order valence-corrected chi connectivity index (χ2v) is 16.8. The van der Waals surface area contributed by atoms with Crippen molar-refractivity contribution < 1.29 is 0 Å². The maximum atomic E-state index is 5.28. The zero-order chi connectivity index (χ0) is 37.5. The van der Waals surface area contributed by atoms with Crippen molar-refractivity contribution in [3.05, 3.63) is 199 Å². The van der Waals surface area contributed by atoms with Gasteiger partial charge >= 0.3 is 0 Å². The highest BCUT2D eigenvalue weighted by Crippen LogP contribution is 2.40. The molecule has 4 nitrogen and oxygen atoms in total. The van der Waals surface area contributed by atoms with Gasteiger partial charge in [0, 0.05) is 67.9 Å². The zero-order valence-corrected chi connectivity index (χ0v) is 32.2. The lowest BCUT2D eigenvalue weighted by molar-refractivity contribution is 0.674. The first-order chi connectivity index (χ1) is 28.2. The highest BCUT2D eigenvalue weighted by molar-refractivity contribution is 7.26. The standard InChI is InChI=1S/C51H32N4S2/c1-3-12-31(13-4-1)49-52-50(54-51(53-49)39-18-11-21-46-48(39)38-17-8-10-20-44(38)56-46)34-22-25-37-41-29-33(24-27-45(41)57-47(37)30-34)32-23-26-43-40(28-32)36-16-7-9-19-42(36)55(43)35-14-5-2-6-15-35/h1-30,49H,(H,52,53,54). The summed E-state index contributed by atoms with van der Waals surface area (Å²) in [4.78, 5) is 10.5. The molecule has 1 N–H and O–H groups in total. The molecule has 4 heterocycles. The number of hydrogen-bond donors (Lipinski definition) is 1. The van der Waals surface area contributed by atoms with E-state index in [-0.39, 0.29) is 6.17 Å². The lowest BCUT2D eigenvalue weighted by Crippen LogP contribution is -2.33. The van der Waals surface area contributed by atoms with E-state index in [2.05, 4.69) is 186 Å². The van der Waals surface area contributed by atoms with Crippen LogP contribution in [-0.2, 0) is 0 Å². The normalized spacial score (nSPS) is 14.5. The Bertz CT molecular complexity index is 3440. The van der Waals surface area contributed by atoms with Gasteiger partial charge in [0.05, 0.1) is 11.0 Å². The van der Waals surface area contributed by atoms with Crippen molar-refractivity contribution in [2.45, 2.75) is 6.17 Å². The molecule has 11 aromatic rings. The molecule has 0 amide bonds. The minimum absolute atomic E-state index is 0.270. The predicted molar refractivity (Wildman–Crippen MR) is 244 cm³/mol. The largest absolute Gasteiger partial charge is 0.344 e. The summed E-state index contributed by atoms with van der Waals surface area (Å²) in [6, 6.07) is 65.5. The highest BCUT2D eigenvalue weighted by atomic mass is 32.1. The number of aliphatic imine (C=N–C) groups is 2. The molecule has 6 heteroatoms. The van der Waals surface area contributed by atoms with E-state index < -0.39 is 0 Å². The monoisotopic (exact) mass is 764 g/mol. The van der Waals surface area contributed by atoms with Crippen molar-refractivity contribution in [3.8, 4) is 16.8 Å². The summed E-state index contributed by atoms with van der Waals surface area (Å²) in [6.45, 7) is 0. The molecule has 0 bridgehead atoms. The number of nitrogens with one attached hydrogen (secondary N) is 1. The highest BCUT2D eigenvalue weighted by Gasteiger charge is 2.24. The second kappa shape index (κ2) is 12.8. The third kappa shape index (κ3) is 5.26. The van der Waals surface area contributed by atoms with Crippen LogP contribution in [0.1, 0.15) is 22.9 Å². The number of para-hydroxylation sites is 2. The van der Waals surface area contributed by atoms with Gasteiger partial charge in [-0.1, -0.05) is 121 Å². The summed E-state index contributed by atoms with van der Waals surface area (Å²) in [5, 5.41) is 11.2. The van der Waals surface area contributed by atoms with Crippen LogP contribution in [0, 0.1) is 0 Å². The average molecular weight is 765 g/mol. The van der Waals surface area contributed by atoms with Crippen molar-refractivity contribution in [2.24, 2.45) is 9.98 Å². The van der Waals surface area contributed by atoms with Gasteiger partial charge in [0.15, 0.2) is 5.84 Å². The fraction of sp³-hybridized carbons (Fsp3) is 0.0196. The van der Waals surface area contributed by atoms with Crippen LogP contribution >= 0.6 is 22.7 Å². The number of thiophene rings is 2. The van der Waals surface area contributed by atoms with Crippen LogP contribution in [0.3, 0.4) is 0 Å². The van der Waals surface area contributed by atoms with Gasteiger partial charge in [-0.25, -0.2) is 9.98 Å². The van der Waals surface area contributed by atoms with Crippen LogP contribution in [-0.4, -0.2) is 16.2 Å². The van der Waals surface area contributed by atoms with E-state index in [1.807, 2.05) is 28.7 Å². The first-order valence-corrected chi connectivity index (χ1v) is 20.8. The summed E-state index contributed by atoms with van der Waals surface area (Å²) < 4.78 is 7.39. The summed E-state index contributed by atoms with van der Waals surface area (Å²) in [5.74, 6) is 1.57. The van der Waals surface area contributed by atoms with Gasteiger partial charge in [-0.15, -0.1) is 22.7 Å². The fourth-order valence-electron chi connectivity index (χ4n) is 8.59. The number of hydrogen-bond acceptors (Lipinski definition) is 5. The van der Waals surface area contributed by atoms with Crippen molar-refractivity contribution in [3.63, 3.8) is 0 Å². The third-order valence-corrected chi connectivity index (χ3v) is 13.5. The second-order valence-electron chi connectivity index (χ2n) is 14.6. The minimum Gasteiger partial charge on any atom is -0.344 e. The Hall–Kier alpha value is -6.86. The molecule has 12 rings (SSSR count). The molecule has 57 heavy (non-hydrogen) atoms. The lowest BCUT2D eigenvalue weighted by atomic mass is 10.00. The van der Waals surface area contributed by atoms with Crippen molar-refractivity contribution in [2.75, 3.05) is 0 Å². The van der Waals surface area contributed by atoms with E-state index >= 15 is 0 Å². The van der Waals surface area contributed by atoms with Crippen molar-refractivity contribution in [1.82, 2.24) is 9.88 Å². The van der Waals surface area contributed by atoms with E-state index in [1.165, 1.54) is 79.0 Å². The molecule has 3 aromatic heterocycles. The number of benzene rings is 8. The quantitative estimate of drug-likeness (QED) is 0.186. The number of fused-ring (bicyclic) bond motifs is 9. The number of aromatic nitrogens is 1. The molecular weight excluding hydrogens is 733 g/mol. The van der Waals surface area contributed by atoms with Crippen LogP contribution in [0.15, 0.2) is 192 Å². The molecule has 0 spiro atoms. The minimum atomic E-state index is -0.270. The Morgan fingerprint density at radius 2 is 1.12 bits per heavy atom. The molecule has 268 valence electrons. The van der Waals surface area contributed by atoms with E-state index in [0.717, 1.165) is 28.4 Å². The maximum absolute atomic E-state index is 5.28. The predicted octanol–water partition coefficient (Wildman–Crippen LogP) is 13.7. The van der Waals surface area contributed by atoms with Crippen molar-refractivity contribution in [1.29, 1.82) is 0 Å². The topological polar surface area (TPSA) is 41.7 Å². The van der Waals surface area contributed by atoms with Gasteiger partial charge in [0.2, 0.25) is 0 Å². The molecular formula is C51H32N4S2. The van der Waals surface area contributed by atoms with Crippen LogP contribution in [0.25, 0.3) is 79.0 Å². The van der Waals surface area contributed by atoms with Gasteiger partial charge in [-0.3, -0.25) is 0 Å². The van der Waals surface area contributed by atoms with E-state index in [0.29, 0.717) is 0 Å². The lowest BCUT2D eigenvalue weighted by Gasteiger charge is -2.24. The fourth-order valence-corrected chi connectivity index (χ4v) is 10.9. The van der Waals surface area contributed by atoms with Gasteiger partial charge in [-0.2, -0.15) is 0 Å². The van der Waals surface area contributed by atoms with Crippen LogP contribution in [0.2, 0.25) is 0 Å². The Labute approximate surface area is 336 Å². The molecule has 0 fully saturated rings. The van der Waals surface area contributed by atoms with Crippen LogP contribution < -0.4 is 5.32 Å². The summed E-state index contributed by atoms with van der Waals surface area (Å²) in [7, 11) is 0. The molecule has 1 aliphatic rings. The summed E-state index contributed by atoms with van der Waals surface area (Å²) in [5.41, 5.74) is 9.23.